The van der Waals surface area contributed by atoms with E-state index >= 15 is 0 Å². The van der Waals surface area contributed by atoms with Gasteiger partial charge in [0.2, 0.25) is 5.91 Å². The van der Waals surface area contributed by atoms with Gasteiger partial charge in [-0.25, -0.2) is 0 Å². The molecule has 21 heavy (non-hydrogen) atoms. The van der Waals surface area contributed by atoms with Gasteiger partial charge in [0, 0.05) is 18.1 Å². The number of aryl methyl sites for hydroxylation is 1. The molecule has 1 amide bonds. The maximum Gasteiger partial charge on any atom is 0.230 e. The van der Waals surface area contributed by atoms with E-state index in [-0.39, 0.29) is 11.9 Å². The first-order valence-electron chi connectivity index (χ1n) is 6.98. The third-order valence-electron chi connectivity index (χ3n) is 3.15. The van der Waals surface area contributed by atoms with Crippen molar-refractivity contribution in [3.63, 3.8) is 0 Å². The van der Waals surface area contributed by atoms with E-state index in [1.54, 1.807) is 24.2 Å². The predicted octanol–water partition coefficient (Wildman–Crippen LogP) is 3.50. The molecule has 0 saturated heterocycles. The van der Waals surface area contributed by atoms with Gasteiger partial charge >= 0.3 is 0 Å². The van der Waals surface area contributed by atoms with Crippen molar-refractivity contribution in [3.05, 3.63) is 65.5 Å². The van der Waals surface area contributed by atoms with Crippen molar-refractivity contribution in [2.75, 3.05) is 5.75 Å². The largest absolute Gasteiger partial charge is 0.349 e. The number of thioether (sulfide) groups is 1. The number of hydrogen-bond acceptors (Lipinski definition) is 3. The van der Waals surface area contributed by atoms with Crippen LogP contribution in [-0.2, 0) is 10.5 Å². The average molecular weight is 300 g/mol. The Labute approximate surface area is 130 Å². The van der Waals surface area contributed by atoms with Crippen LogP contribution in [-0.4, -0.2) is 16.6 Å². The van der Waals surface area contributed by atoms with E-state index in [1.165, 1.54) is 11.1 Å². The first kappa shape index (κ1) is 15.6. The second-order valence-corrected chi connectivity index (χ2v) is 6.04. The molecule has 1 N–H and O–H groups in total. The Morgan fingerprint density at radius 1 is 1.33 bits per heavy atom. The molecule has 0 aliphatic heterocycles. The number of rotatable bonds is 6. The number of nitrogens with one attached hydrogen (secondary N) is 1. The fourth-order valence-corrected chi connectivity index (χ4v) is 2.85. The summed E-state index contributed by atoms with van der Waals surface area (Å²) in [6.07, 6.45) is 3.51. The fraction of sp³-hybridized carbons (Fsp3) is 0.294. The summed E-state index contributed by atoms with van der Waals surface area (Å²) in [5.41, 5.74) is 3.53. The van der Waals surface area contributed by atoms with Crippen LogP contribution >= 0.6 is 11.8 Å². The Kier molecular flexibility index (Phi) is 5.81. The molecular weight excluding hydrogens is 280 g/mol. The van der Waals surface area contributed by atoms with Gasteiger partial charge < -0.3 is 5.32 Å². The van der Waals surface area contributed by atoms with Crippen LogP contribution < -0.4 is 5.32 Å². The van der Waals surface area contributed by atoms with Crippen LogP contribution in [0.4, 0.5) is 0 Å². The number of pyridine rings is 1. The van der Waals surface area contributed by atoms with Gasteiger partial charge in [-0.15, -0.1) is 11.8 Å². The molecule has 4 heteroatoms. The summed E-state index contributed by atoms with van der Waals surface area (Å²) in [4.78, 5) is 16.0. The van der Waals surface area contributed by atoms with Gasteiger partial charge in [0.25, 0.3) is 0 Å². The Morgan fingerprint density at radius 2 is 2.19 bits per heavy atom. The molecule has 0 aliphatic carbocycles. The SMILES string of the molecule is Cc1cccc(CSCC(=O)NC(C)c2cccnc2)c1. The van der Waals surface area contributed by atoms with Crippen molar-refractivity contribution < 1.29 is 4.79 Å². The zero-order valence-electron chi connectivity index (χ0n) is 12.4. The van der Waals surface area contributed by atoms with Crippen LogP contribution in [0.2, 0.25) is 0 Å². The van der Waals surface area contributed by atoms with Crippen molar-refractivity contribution >= 4 is 17.7 Å². The molecule has 1 aromatic heterocycles. The lowest BCUT2D eigenvalue weighted by Crippen LogP contribution is -2.28. The van der Waals surface area contributed by atoms with Crippen molar-refractivity contribution in [2.24, 2.45) is 0 Å². The highest BCUT2D eigenvalue weighted by atomic mass is 32.2. The molecule has 2 rings (SSSR count). The second-order valence-electron chi connectivity index (χ2n) is 5.06. The first-order chi connectivity index (χ1) is 10.1. The van der Waals surface area contributed by atoms with E-state index in [2.05, 4.69) is 41.5 Å². The van der Waals surface area contributed by atoms with Crippen LogP contribution in [0.15, 0.2) is 48.8 Å². The molecule has 1 unspecified atom stereocenters. The lowest BCUT2D eigenvalue weighted by atomic mass is 10.1. The number of hydrogen-bond donors (Lipinski definition) is 1. The Hall–Kier alpha value is -1.81. The molecule has 0 bridgehead atoms. The highest BCUT2D eigenvalue weighted by molar-refractivity contribution is 7.99. The van der Waals surface area contributed by atoms with Gasteiger partial charge in [-0.3, -0.25) is 9.78 Å². The van der Waals surface area contributed by atoms with E-state index in [9.17, 15) is 4.79 Å². The number of aromatic nitrogens is 1. The summed E-state index contributed by atoms with van der Waals surface area (Å²) >= 11 is 1.63. The van der Waals surface area contributed by atoms with E-state index in [4.69, 9.17) is 0 Å². The Bertz CT molecular complexity index is 586. The van der Waals surface area contributed by atoms with Gasteiger partial charge in [0.1, 0.15) is 0 Å². The number of carbonyl (C=O) groups is 1. The zero-order chi connectivity index (χ0) is 15.1. The zero-order valence-corrected chi connectivity index (χ0v) is 13.2. The smallest absolute Gasteiger partial charge is 0.230 e. The number of nitrogens with zero attached hydrogens (tertiary/aromatic N) is 1. The van der Waals surface area contributed by atoms with Crippen LogP contribution in [0, 0.1) is 6.92 Å². The van der Waals surface area contributed by atoms with E-state index in [0.29, 0.717) is 5.75 Å². The third-order valence-corrected chi connectivity index (χ3v) is 4.15. The van der Waals surface area contributed by atoms with Gasteiger partial charge in [-0.1, -0.05) is 35.9 Å². The van der Waals surface area contributed by atoms with Crippen LogP contribution in [0.1, 0.15) is 29.7 Å². The predicted molar refractivity (Wildman–Crippen MR) is 88.1 cm³/mol. The monoisotopic (exact) mass is 300 g/mol. The minimum absolute atomic E-state index is 0.00855. The highest BCUT2D eigenvalue weighted by Gasteiger charge is 2.09. The average Bonchev–Trinajstić information content (AvgIpc) is 2.48. The third kappa shape index (κ3) is 5.23. The topological polar surface area (TPSA) is 42.0 Å². The standard InChI is InChI=1S/C17H20N2OS/c1-13-5-3-6-15(9-13)11-21-12-17(20)19-14(2)16-7-4-8-18-10-16/h3-10,14H,11-12H2,1-2H3,(H,19,20). The summed E-state index contributed by atoms with van der Waals surface area (Å²) in [5, 5.41) is 2.99. The van der Waals surface area contributed by atoms with Crippen molar-refractivity contribution in [2.45, 2.75) is 25.6 Å². The molecule has 2 aromatic rings. The molecule has 0 fully saturated rings. The van der Waals surface area contributed by atoms with Crippen LogP contribution in [0.5, 0.6) is 0 Å². The summed E-state index contributed by atoms with van der Waals surface area (Å²) in [7, 11) is 0. The molecular formula is C17H20N2OS. The first-order valence-corrected chi connectivity index (χ1v) is 8.13. The van der Waals surface area contributed by atoms with Gasteiger partial charge in [0.15, 0.2) is 0 Å². The maximum atomic E-state index is 11.9. The summed E-state index contributed by atoms with van der Waals surface area (Å²) < 4.78 is 0. The molecule has 1 aromatic carbocycles. The quantitative estimate of drug-likeness (QED) is 0.888. The molecule has 3 nitrogen and oxygen atoms in total. The summed E-state index contributed by atoms with van der Waals surface area (Å²) in [6.45, 7) is 4.05. The lowest BCUT2D eigenvalue weighted by molar-refractivity contribution is -0.119. The van der Waals surface area contributed by atoms with E-state index < -0.39 is 0 Å². The minimum atomic E-state index is -0.00855. The summed E-state index contributed by atoms with van der Waals surface area (Å²) in [6, 6.07) is 12.2. The van der Waals surface area contributed by atoms with Gasteiger partial charge in [0.05, 0.1) is 11.8 Å². The van der Waals surface area contributed by atoms with Crippen LogP contribution in [0.25, 0.3) is 0 Å². The fourth-order valence-electron chi connectivity index (χ4n) is 2.06. The molecule has 110 valence electrons. The van der Waals surface area contributed by atoms with Gasteiger partial charge in [-0.2, -0.15) is 0 Å². The number of benzene rings is 1. The van der Waals surface area contributed by atoms with E-state index in [1.807, 2.05) is 19.1 Å². The molecule has 0 spiro atoms. The summed E-state index contributed by atoms with van der Waals surface area (Å²) in [5.74, 6) is 1.39. The maximum absolute atomic E-state index is 11.9. The minimum Gasteiger partial charge on any atom is -0.349 e. The lowest BCUT2D eigenvalue weighted by Gasteiger charge is -2.13. The van der Waals surface area contributed by atoms with Gasteiger partial charge in [-0.05, 0) is 31.0 Å². The van der Waals surface area contributed by atoms with Crippen molar-refractivity contribution in [1.82, 2.24) is 10.3 Å². The van der Waals surface area contributed by atoms with E-state index in [0.717, 1.165) is 11.3 Å². The van der Waals surface area contributed by atoms with Crippen molar-refractivity contribution in [3.8, 4) is 0 Å². The number of carbonyl (C=O) groups excluding carboxylic acids is 1. The molecule has 0 saturated carbocycles. The Balaban J connectivity index is 1.75. The molecule has 0 aliphatic rings. The van der Waals surface area contributed by atoms with Crippen LogP contribution in [0.3, 0.4) is 0 Å². The highest BCUT2D eigenvalue weighted by Crippen LogP contribution is 2.14. The van der Waals surface area contributed by atoms with Crippen molar-refractivity contribution in [1.29, 1.82) is 0 Å². The molecule has 1 atom stereocenters. The Morgan fingerprint density at radius 3 is 2.90 bits per heavy atom. The normalized spacial score (nSPS) is 11.9. The molecule has 0 radical (unpaired) electrons. The number of amides is 1. The molecule has 1 heterocycles. The second kappa shape index (κ2) is 7.84.